The van der Waals surface area contributed by atoms with Crippen LogP contribution in [0.4, 0.5) is 0 Å². The summed E-state index contributed by atoms with van der Waals surface area (Å²) in [5.41, 5.74) is 7.58. The summed E-state index contributed by atoms with van der Waals surface area (Å²) >= 11 is 2.03. The van der Waals surface area contributed by atoms with Gasteiger partial charge in [-0.2, -0.15) is 11.8 Å². The molecule has 3 heterocycles. The summed E-state index contributed by atoms with van der Waals surface area (Å²) in [6, 6.07) is -0.0639. The third-order valence-electron chi connectivity index (χ3n) is 4.54. The molecule has 0 amide bonds. The molecule has 110 valence electrons. The van der Waals surface area contributed by atoms with Crippen molar-refractivity contribution in [1.29, 1.82) is 0 Å². The van der Waals surface area contributed by atoms with Crippen LogP contribution in [-0.2, 0) is 4.74 Å². The Labute approximate surface area is 124 Å². The zero-order chi connectivity index (χ0) is 14.0. The molecule has 2 saturated heterocycles. The molecular weight excluding hydrogens is 270 g/mol. The molecule has 4 nitrogen and oxygen atoms in total. The maximum atomic E-state index is 6.42. The lowest BCUT2D eigenvalue weighted by molar-refractivity contribution is -0.106. The first-order chi connectivity index (χ1) is 9.69. The van der Waals surface area contributed by atoms with E-state index in [0.29, 0.717) is 5.92 Å². The first-order valence-corrected chi connectivity index (χ1v) is 8.60. The molecule has 0 aliphatic carbocycles. The van der Waals surface area contributed by atoms with E-state index in [4.69, 9.17) is 10.5 Å². The van der Waals surface area contributed by atoms with E-state index in [9.17, 15) is 0 Å². The van der Waals surface area contributed by atoms with Gasteiger partial charge >= 0.3 is 0 Å². The van der Waals surface area contributed by atoms with Crippen LogP contribution < -0.4 is 5.73 Å². The van der Waals surface area contributed by atoms with Crippen molar-refractivity contribution in [3.63, 3.8) is 0 Å². The first kappa shape index (κ1) is 14.3. The van der Waals surface area contributed by atoms with E-state index < -0.39 is 0 Å². The van der Waals surface area contributed by atoms with Crippen LogP contribution in [0, 0.1) is 12.8 Å². The molecule has 0 radical (unpaired) electrons. The second kappa shape index (κ2) is 6.00. The Morgan fingerprint density at radius 3 is 2.75 bits per heavy atom. The predicted octanol–water partition coefficient (Wildman–Crippen LogP) is 2.48. The summed E-state index contributed by atoms with van der Waals surface area (Å²) in [5.74, 6) is 3.64. The van der Waals surface area contributed by atoms with E-state index in [1.165, 1.54) is 11.5 Å². The fraction of sp³-hybridized carbons (Fsp3) is 0.733. The Bertz CT molecular complexity index is 439. The van der Waals surface area contributed by atoms with Gasteiger partial charge in [-0.15, -0.1) is 0 Å². The third kappa shape index (κ3) is 3.00. The van der Waals surface area contributed by atoms with Crippen LogP contribution in [0.5, 0.6) is 0 Å². The molecule has 2 N–H and O–H groups in total. The smallest absolute Gasteiger partial charge is 0.145 e. The van der Waals surface area contributed by atoms with E-state index in [2.05, 4.69) is 9.97 Å². The van der Waals surface area contributed by atoms with Gasteiger partial charge in [0.15, 0.2) is 0 Å². The Morgan fingerprint density at radius 2 is 2.05 bits per heavy atom. The van der Waals surface area contributed by atoms with Crippen molar-refractivity contribution in [2.75, 3.05) is 18.1 Å². The van der Waals surface area contributed by atoms with Gasteiger partial charge in [0.1, 0.15) is 5.82 Å². The molecular formula is C15H23N3OS. The SMILES string of the molecule is Cc1cnc(C(N)C2CCOC3(CCSCC3)C2)nc1. The number of hydrogen-bond donors (Lipinski definition) is 1. The van der Waals surface area contributed by atoms with Crippen molar-refractivity contribution < 1.29 is 4.74 Å². The minimum absolute atomic E-state index is 0.0639. The zero-order valence-corrected chi connectivity index (χ0v) is 12.9. The third-order valence-corrected chi connectivity index (χ3v) is 5.53. The first-order valence-electron chi connectivity index (χ1n) is 7.44. The standard InChI is InChI=1S/C15H23N3OS/c1-11-9-17-14(18-10-11)13(16)12-2-5-19-15(8-12)3-6-20-7-4-15/h9-10,12-13H,2-8,16H2,1H3. The number of nitrogens with two attached hydrogens (primary N) is 1. The summed E-state index contributed by atoms with van der Waals surface area (Å²) in [4.78, 5) is 8.81. The maximum absolute atomic E-state index is 6.42. The number of aromatic nitrogens is 2. The Balaban J connectivity index is 1.71. The highest BCUT2D eigenvalue weighted by Gasteiger charge is 2.41. The van der Waals surface area contributed by atoms with Crippen LogP contribution in [0.15, 0.2) is 12.4 Å². The highest BCUT2D eigenvalue weighted by atomic mass is 32.2. The number of hydrogen-bond acceptors (Lipinski definition) is 5. The molecule has 2 fully saturated rings. The largest absolute Gasteiger partial charge is 0.375 e. The van der Waals surface area contributed by atoms with Gasteiger partial charge in [-0.05, 0) is 55.6 Å². The molecule has 20 heavy (non-hydrogen) atoms. The Morgan fingerprint density at radius 1 is 1.35 bits per heavy atom. The van der Waals surface area contributed by atoms with E-state index in [1.54, 1.807) is 0 Å². The predicted molar refractivity (Wildman–Crippen MR) is 81.7 cm³/mol. The van der Waals surface area contributed by atoms with Crippen molar-refractivity contribution in [2.24, 2.45) is 11.7 Å². The molecule has 0 bridgehead atoms. The molecule has 2 unspecified atom stereocenters. The second-order valence-electron chi connectivity index (χ2n) is 6.04. The summed E-state index contributed by atoms with van der Waals surface area (Å²) in [5, 5.41) is 0. The minimum atomic E-state index is -0.0639. The van der Waals surface area contributed by atoms with Crippen LogP contribution in [-0.4, -0.2) is 33.7 Å². The van der Waals surface area contributed by atoms with Crippen molar-refractivity contribution in [3.05, 3.63) is 23.8 Å². The van der Waals surface area contributed by atoms with E-state index in [0.717, 1.165) is 43.7 Å². The van der Waals surface area contributed by atoms with Gasteiger partial charge in [0, 0.05) is 19.0 Å². The maximum Gasteiger partial charge on any atom is 0.145 e. The monoisotopic (exact) mass is 293 g/mol. The highest BCUT2D eigenvalue weighted by Crippen LogP contribution is 2.42. The molecule has 5 heteroatoms. The lowest BCUT2D eigenvalue weighted by atomic mass is 9.78. The van der Waals surface area contributed by atoms with Crippen molar-refractivity contribution >= 4 is 11.8 Å². The molecule has 1 aromatic heterocycles. The van der Waals surface area contributed by atoms with Gasteiger partial charge in [-0.25, -0.2) is 9.97 Å². The molecule has 1 aromatic rings. The molecule has 2 aliphatic rings. The fourth-order valence-electron chi connectivity index (χ4n) is 3.25. The second-order valence-corrected chi connectivity index (χ2v) is 7.27. The van der Waals surface area contributed by atoms with Crippen LogP contribution >= 0.6 is 11.8 Å². The lowest BCUT2D eigenvalue weighted by Gasteiger charge is -2.44. The molecule has 3 rings (SSSR count). The van der Waals surface area contributed by atoms with Gasteiger partial charge < -0.3 is 10.5 Å². The van der Waals surface area contributed by atoms with Crippen LogP contribution in [0.3, 0.4) is 0 Å². The lowest BCUT2D eigenvalue weighted by Crippen LogP contribution is -2.45. The molecule has 2 aliphatic heterocycles. The van der Waals surface area contributed by atoms with Crippen molar-refractivity contribution in [1.82, 2.24) is 9.97 Å². The van der Waals surface area contributed by atoms with Crippen LogP contribution in [0.1, 0.15) is 43.1 Å². The summed E-state index contributed by atoms with van der Waals surface area (Å²) in [6.45, 7) is 2.83. The van der Waals surface area contributed by atoms with E-state index in [1.807, 2.05) is 31.1 Å². The Hall–Kier alpha value is -0.650. The zero-order valence-electron chi connectivity index (χ0n) is 12.0. The van der Waals surface area contributed by atoms with Gasteiger partial charge in [0.25, 0.3) is 0 Å². The van der Waals surface area contributed by atoms with Gasteiger partial charge in [-0.1, -0.05) is 0 Å². The molecule has 2 atom stereocenters. The van der Waals surface area contributed by atoms with Gasteiger partial charge in [0.2, 0.25) is 0 Å². The van der Waals surface area contributed by atoms with Crippen LogP contribution in [0.25, 0.3) is 0 Å². The topological polar surface area (TPSA) is 61.0 Å². The number of rotatable bonds is 2. The quantitative estimate of drug-likeness (QED) is 0.907. The van der Waals surface area contributed by atoms with Gasteiger partial charge in [0.05, 0.1) is 11.6 Å². The molecule has 0 aromatic carbocycles. The number of nitrogens with zero attached hydrogens (tertiary/aromatic N) is 2. The Kier molecular flexibility index (Phi) is 4.29. The summed E-state index contributed by atoms with van der Waals surface area (Å²) in [6.07, 6.45) is 8.12. The number of aryl methyl sites for hydroxylation is 1. The normalized spacial score (nSPS) is 27.4. The average Bonchev–Trinajstić information content (AvgIpc) is 2.48. The fourth-order valence-corrected chi connectivity index (χ4v) is 4.49. The number of ether oxygens (including phenoxy) is 1. The van der Waals surface area contributed by atoms with E-state index >= 15 is 0 Å². The van der Waals surface area contributed by atoms with Gasteiger partial charge in [-0.3, -0.25) is 0 Å². The molecule has 0 saturated carbocycles. The highest BCUT2D eigenvalue weighted by molar-refractivity contribution is 7.99. The minimum Gasteiger partial charge on any atom is -0.375 e. The van der Waals surface area contributed by atoms with Crippen molar-refractivity contribution in [2.45, 2.75) is 44.2 Å². The summed E-state index contributed by atoms with van der Waals surface area (Å²) in [7, 11) is 0. The average molecular weight is 293 g/mol. The number of thioether (sulfide) groups is 1. The summed E-state index contributed by atoms with van der Waals surface area (Å²) < 4.78 is 6.13. The van der Waals surface area contributed by atoms with E-state index in [-0.39, 0.29) is 11.6 Å². The van der Waals surface area contributed by atoms with Crippen molar-refractivity contribution in [3.8, 4) is 0 Å². The van der Waals surface area contributed by atoms with Crippen LogP contribution in [0.2, 0.25) is 0 Å². The molecule has 1 spiro atoms.